The Kier molecular flexibility index (Phi) is 3.55. The molecule has 0 aromatic carbocycles. The summed E-state index contributed by atoms with van der Waals surface area (Å²) in [6.07, 6.45) is 7.11. The van der Waals surface area contributed by atoms with Gasteiger partial charge in [-0.05, 0) is 12.8 Å². The summed E-state index contributed by atoms with van der Waals surface area (Å²) in [5, 5.41) is 0. The van der Waals surface area contributed by atoms with Crippen molar-refractivity contribution in [2.75, 3.05) is 4.43 Å². The molecule has 0 N–H and O–H groups in total. The summed E-state index contributed by atoms with van der Waals surface area (Å²) < 4.78 is 6.21. The van der Waals surface area contributed by atoms with Crippen molar-refractivity contribution in [2.45, 2.75) is 31.8 Å². The highest BCUT2D eigenvalue weighted by molar-refractivity contribution is 14.1. The largest absolute Gasteiger partial charge is 0.458 e. The smallest absolute Gasteiger partial charge is 0.303 e. The highest BCUT2D eigenvalue weighted by Crippen LogP contribution is 2.29. The van der Waals surface area contributed by atoms with Crippen LogP contribution in [0, 0.1) is 0 Å². The molecule has 0 saturated heterocycles. The van der Waals surface area contributed by atoms with Crippen LogP contribution in [0.5, 0.6) is 0 Å². The first-order valence-corrected chi connectivity index (χ1v) is 5.62. The van der Waals surface area contributed by atoms with Crippen molar-refractivity contribution in [2.24, 2.45) is 0 Å². The van der Waals surface area contributed by atoms with Crippen LogP contribution in [0.25, 0.3) is 0 Å². The molecule has 2 nitrogen and oxygen atoms in total. The van der Waals surface area contributed by atoms with Gasteiger partial charge < -0.3 is 4.74 Å². The van der Waals surface area contributed by atoms with E-state index in [1.807, 2.05) is 0 Å². The normalized spacial score (nSPS) is 28.5. The second-order valence-corrected chi connectivity index (χ2v) is 3.89. The van der Waals surface area contributed by atoms with Gasteiger partial charge in [0, 0.05) is 17.8 Å². The van der Waals surface area contributed by atoms with Crippen LogP contribution in [-0.4, -0.2) is 16.0 Å². The highest BCUT2D eigenvalue weighted by atomic mass is 127. The van der Waals surface area contributed by atoms with E-state index in [1.165, 1.54) is 6.92 Å². The molecule has 0 aliphatic heterocycles. The number of allylic oxidation sites excluding steroid dienone is 1. The van der Waals surface area contributed by atoms with Gasteiger partial charge in [0.15, 0.2) is 0 Å². The maximum Gasteiger partial charge on any atom is 0.303 e. The van der Waals surface area contributed by atoms with E-state index < -0.39 is 0 Å². The van der Waals surface area contributed by atoms with Crippen LogP contribution in [-0.2, 0) is 9.53 Å². The minimum absolute atomic E-state index is 0.165. The third kappa shape index (κ3) is 2.47. The maximum absolute atomic E-state index is 10.8. The predicted octanol–water partition coefficient (Wildman–Crippen LogP) is 2.46. The Labute approximate surface area is 86.5 Å². The molecule has 1 atom stereocenters. The fourth-order valence-corrected chi connectivity index (χ4v) is 2.26. The van der Waals surface area contributed by atoms with Crippen molar-refractivity contribution >= 4 is 28.6 Å². The van der Waals surface area contributed by atoms with Gasteiger partial charge >= 0.3 is 5.97 Å². The summed E-state index contributed by atoms with van der Waals surface area (Å²) in [5.74, 6) is -0.165. The lowest BCUT2D eigenvalue weighted by atomic mass is 9.91. The molecule has 0 radical (unpaired) electrons. The molecule has 3 heteroatoms. The van der Waals surface area contributed by atoms with Crippen LogP contribution < -0.4 is 0 Å². The molecular formula is C9H13IO2. The third-order valence-corrected chi connectivity index (χ3v) is 3.42. The first kappa shape index (κ1) is 10.0. The number of hydrogen-bond acceptors (Lipinski definition) is 2. The zero-order valence-corrected chi connectivity index (χ0v) is 9.34. The number of carbonyl (C=O) groups is 1. The van der Waals surface area contributed by atoms with Gasteiger partial charge in [-0.25, -0.2) is 0 Å². The van der Waals surface area contributed by atoms with E-state index in [1.54, 1.807) is 0 Å². The summed E-state index contributed by atoms with van der Waals surface area (Å²) in [4.78, 5) is 10.8. The molecule has 12 heavy (non-hydrogen) atoms. The zero-order valence-electron chi connectivity index (χ0n) is 7.18. The van der Waals surface area contributed by atoms with E-state index in [9.17, 15) is 4.79 Å². The summed E-state index contributed by atoms with van der Waals surface area (Å²) >= 11 is 2.28. The summed E-state index contributed by atoms with van der Waals surface area (Å²) in [6, 6.07) is 0. The molecule has 0 aromatic rings. The van der Waals surface area contributed by atoms with Gasteiger partial charge in [0.2, 0.25) is 0 Å². The lowest BCUT2D eigenvalue weighted by Crippen LogP contribution is -2.37. The number of hydrogen-bond donors (Lipinski definition) is 0. The van der Waals surface area contributed by atoms with Gasteiger partial charge in [0.25, 0.3) is 0 Å². The quantitative estimate of drug-likeness (QED) is 0.336. The minimum atomic E-state index is -0.207. The number of halogens is 1. The second kappa shape index (κ2) is 4.25. The van der Waals surface area contributed by atoms with Gasteiger partial charge in [-0.1, -0.05) is 34.7 Å². The van der Waals surface area contributed by atoms with Crippen molar-refractivity contribution in [3.05, 3.63) is 12.2 Å². The molecule has 0 amide bonds. The number of esters is 1. The Morgan fingerprint density at radius 2 is 2.42 bits per heavy atom. The maximum atomic E-state index is 10.8. The highest BCUT2D eigenvalue weighted by Gasteiger charge is 2.31. The molecule has 0 unspecified atom stereocenters. The molecule has 1 aliphatic rings. The van der Waals surface area contributed by atoms with E-state index in [2.05, 4.69) is 34.7 Å². The minimum Gasteiger partial charge on any atom is -0.458 e. The van der Waals surface area contributed by atoms with E-state index in [4.69, 9.17) is 4.74 Å². The van der Waals surface area contributed by atoms with Gasteiger partial charge in [0.1, 0.15) is 5.60 Å². The van der Waals surface area contributed by atoms with Crippen molar-refractivity contribution in [1.29, 1.82) is 0 Å². The average molecular weight is 280 g/mol. The topological polar surface area (TPSA) is 26.3 Å². The molecule has 0 fully saturated rings. The summed E-state index contributed by atoms with van der Waals surface area (Å²) in [5.41, 5.74) is -0.207. The summed E-state index contributed by atoms with van der Waals surface area (Å²) in [6.45, 7) is 1.48. The number of rotatable bonds is 2. The Balaban J connectivity index is 2.61. The van der Waals surface area contributed by atoms with Crippen LogP contribution in [0.15, 0.2) is 12.2 Å². The van der Waals surface area contributed by atoms with E-state index >= 15 is 0 Å². The monoisotopic (exact) mass is 280 g/mol. The Bertz CT molecular complexity index is 201. The lowest BCUT2D eigenvalue weighted by molar-refractivity contribution is -0.155. The van der Waals surface area contributed by atoms with E-state index in [0.29, 0.717) is 0 Å². The van der Waals surface area contributed by atoms with Gasteiger partial charge in [-0.2, -0.15) is 0 Å². The first-order chi connectivity index (χ1) is 5.68. The van der Waals surface area contributed by atoms with Crippen molar-refractivity contribution in [3.63, 3.8) is 0 Å². The fourth-order valence-electron chi connectivity index (χ4n) is 1.41. The standard InChI is InChI=1S/C9H13IO2/c1-8(11)12-9(7-10)5-3-2-4-6-9/h2-3H,4-7H2,1H3/t9-/m1/s1. The molecular weight excluding hydrogens is 267 g/mol. The molecule has 0 saturated carbocycles. The summed E-state index contributed by atoms with van der Waals surface area (Å²) in [7, 11) is 0. The molecule has 0 aromatic heterocycles. The number of ether oxygens (including phenoxy) is 1. The zero-order chi connectivity index (χ0) is 9.03. The molecule has 1 rings (SSSR count). The van der Waals surface area contributed by atoms with Gasteiger partial charge in [-0.3, -0.25) is 4.79 Å². The second-order valence-electron chi connectivity index (χ2n) is 3.12. The average Bonchev–Trinajstić information content (AvgIpc) is 2.05. The molecule has 0 heterocycles. The van der Waals surface area contributed by atoms with E-state index in [0.717, 1.165) is 23.7 Å². The number of alkyl halides is 1. The Morgan fingerprint density at radius 3 is 2.83 bits per heavy atom. The fraction of sp³-hybridized carbons (Fsp3) is 0.667. The van der Waals surface area contributed by atoms with Crippen LogP contribution >= 0.6 is 22.6 Å². The SMILES string of the molecule is CC(=O)O[C@]1(CI)CC=CCC1. The predicted molar refractivity (Wildman–Crippen MR) is 56.4 cm³/mol. The van der Waals surface area contributed by atoms with Crippen molar-refractivity contribution in [1.82, 2.24) is 0 Å². The Hall–Kier alpha value is -0.0600. The molecule has 0 bridgehead atoms. The van der Waals surface area contributed by atoms with Crippen molar-refractivity contribution < 1.29 is 9.53 Å². The van der Waals surface area contributed by atoms with Crippen LogP contribution in [0.1, 0.15) is 26.2 Å². The Morgan fingerprint density at radius 1 is 1.67 bits per heavy atom. The van der Waals surface area contributed by atoms with Gasteiger partial charge in [0.05, 0.1) is 0 Å². The van der Waals surface area contributed by atoms with Crippen LogP contribution in [0.2, 0.25) is 0 Å². The van der Waals surface area contributed by atoms with Crippen LogP contribution in [0.3, 0.4) is 0 Å². The van der Waals surface area contributed by atoms with E-state index in [-0.39, 0.29) is 11.6 Å². The first-order valence-electron chi connectivity index (χ1n) is 4.09. The number of carbonyl (C=O) groups excluding carboxylic acids is 1. The van der Waals surface area contributed by atoms with Crippen molar-refractivity contribution in [3.8, 4) is 0 Å². The molecule has 68 valence electrons. The van der Waals surface area contributed by atoms with Gasteiger partial charge in [-0.15, -0.1) is 0 Å². The third-order valence-electron chi connectivity index (χ3n) is 2.03. The molecule has 1 aliphatic carbocycles. The van der Waals surface area contributed by atoms with Crippen LogP contribution in [0.4, 0.5) is 0 Å². The lowest BCUT2D eigenvalue weighted by Gasteiger charge is -2.32. The molecule has 0 spiro atoms.